The Morgan fingerprint density at radius 2 is 1.71 bits per heavy atom. The van der Waals surface area contributed by atoms with Gasteiger partial charge in [-0.3, -0.25) is 4.79 Å². The van der Waals surface area contributed by atoms with E-state index in [4.69, 9.17) is 15.9 Å². The van der Waals surface area contributed by atoms with Gasteiger partial charge in [-0.25, -0.2) is 9.97 Å². The molecule has 9 nitrogen and oxygen atoms in total. The zero-order valence-electron chi connectivity index (χ0n) is 22.3. The highest BCUT2D eigenvalue weighted by atomic mass is 16.5. The Morgan fingerprint density at radius 1 is 1.15 bits per heavy atom. The lowest BCUT2D eigenvalue weighted by atomic mass is 9.95. The second-order valence-corrected chi connectivity index (χ2v) is 8.79. The lowest BCUT2D eigenvalue weighted by Gasteiger charge is -2.24. The van der Waals surface area contributed by atoms with Crippen LogP contribution in [0.15, 0.2) is 6.33 Å². The molecule has 0 aromatic carbocycles. The standard InChI is InChI=1S/C15H24N6O.C4H9NO.C4H10.C2H6/c1-10(16)13-14(18-8-7-12(17)22)19-9-20-15(13)21-11-5-3-2-4-6-11;1-3-6-4-2-5-1;1-4(2)3;1-2/h9,11,16H,2-8H2,1H3,(H2,17,22)(H2,18,19,20,21);5H,1-4H2;4H,1-3H3;1-2H3. The number of hydrogen-bond acceptors (Lipinski definition) is 8. The minimum Gasteiger partial charge on any atom is -0.379 e. The average Bonchev–Trinajstić information content (AvgIpc) is 2.82. The maximum Gasteiger partial charge on any atom is 0.219 e. The number of nitrogens with two attached hydrogens (primary N) is 1. The van der Waals surface area contributed by atoms with E-state index in [9.17, 15) is 4.79 Å². The van der Waals surface area contributed by atoms with Gasteiger partial charge < -0.3 is 31.8 Å². The molecule has 2 aliphatic rings. The molecule has 1 amide bonds. The van der Waals surface area contributed by atoms with E-state index in [0.29, 0.717) is 35.5 Å². The van der Waals surface area contributed by atoms with Gasteiger partial charge in [0.15, 0.2) is 0 Å². The smallest absolute Gasteiger partial charge is 0.219 e. The molecule has 0 unspecified atom stereocenters. The Bertz CT molecular complexity index is 659. The first-order valence-corrected chi connectivity index (χ1v) is 12.8. The van der Waals surface area contributed by atoms with Gasteiger partial charge in [0.1, 0.15) is 18.0 Å². The summed E-state index contributed by atoms with van der Waals surface area (Å²) in [5.41, 5.74) is 6.20. The van der Waals surface area contributed by atoms with Gasteiger partial charge in [-0.2, -0.15) is 0 Å². The molecule has 1 aliphatic carbocycles. The monoisotopic (exact) mass is 479 g/mol. The molecule has 1 aromatic heterocycles. The topological polar surface area (TPSA) is 138 Å². The fraction of sp³-hybridized carbons (Fsp3) is 0.760. The van der Waals surface area contributed by atoms with Crippen LogP contribution in [-0.4, -0.2) is 60.5 Å². The molecule has 9 heteroatoms. The van der Waals surface area contributed by atoms with Crippen LogP contribution in [0.4, 0.5) is 11.6 Å². The van der Waals surface area contributed by atoms with Gasteiger partial charge in [-0.15, -0.1) is 0 Å². The Labute approximate surface area is 206 Å². The third-order valence-electron chi connectivity index (χ3n) is 4.68. The van der Waals surface area contributed by atoms with Gasteiger partial charge in [0.05, 0.1) is 18.8 Å². The van der Waals surface area contributed by atoms with Crippen molar-refractivity contribution in [1.82, 2.24) is 15.3 Å². The Hall–Kier alpha value is -2.26. The normalized spacial score (nSPS) is 15.4. The number of nitrogens with one attached hydrogen (secondary N) is 4. The van der Waals surface area contributed by atoms with E-state index >= 15 is 0 Å². The molecule has 1 saturated carbocycles. The minimum atomic E-state index is -0.366. The molecule has 1 saturated heterocycles. The number of carbonyl (C=O) groups is 1. The molecule has 3 rings (SSSR count). The third kappa shape index (κ3) is 15.6. The molecule has 0 atom stereocenters. The fourth-order valence-electron chi connectivity index (χ4n) is 3.24. The predicted molar refractivity (Wildman–Crippen MR) is 143 cm³/mol. The maximum atomic E-state index is 10.8. The number of amides is 1. The second kappa shape index (κ2) is 20.1. The summed E-state index contributed by atoms with van der Waals surface area (Å²) >= 11 is 0. The number of morpholine rings is 1. The van der Waals surface area contributed by atoms with Crippen molar-refractivity contribution in [3.63, 3.8) is 0 Å². The first-order chi connectivity index (χ1) is 16.3. The van der Waals surface area contributed by atoms with Crippen LogP contribution in [0.3, 0.4) is 0 Å². The van der Waals surface area contributed by atoms with Crippen molar-refractivity contribution in [3.05, 3.63) is 11.9 Å². The van der Waals surface area contributed by atoms with Crippen molar-refractivity contribution in [2.75, 3.05) is 43.5 Å². The number of aromatic nitrogens is 2. The summed E-state index contributed by atoms with van der Waals surface area (Å²) in [6, 6.07) is 0.403. The molecule has 1 aliphatic heterocycles. The molecule has 2 heterocycles. The summed E-state index contributed by atoms with van der Waals surface area (Å²) in [4.78, 5) is 19.3. The number of hydrogen-bond donors (Lipinski definition) is 5. The van der Waals surface area contributed by atoms with Crippen LogP contribution >= 0.6 is 0 Å². The molecule has 196 valence electrons. The molecule has 1 aromatic rings. The molecule has 2 fully saturated rings. The van der Waals surface area contributed by atoms with E-state index in [-0.39, 0.29) is 12.3 Å². The number of carbonyl (C=O) groups excluding carboxylic acids is 1. The van der Waals surface area contributed by atoms with Gasteiger partial charge in [0.25, 0.3) is 0 Å². The van der Waals surface area contributed by atoms with E-state index in [0.717, 1.165) is 45.1 Å². The molecule has 0 bridgehead atoms. The zero-order chi connectivity index (χ0) is 25.8. The largest absolute Gasteiger partial charge is 0.379 e. The molecule has 6 N–H and O–H groups in total. The van der Waals surface area contributed by atoms with Crippen molar-refractivity contribution in [1.29, 1.82) is 5.41 Å². The van der Waals surface area contributed by atoms with Gasteiger partial charge in [0, 0.05) is 37.8 Å². The molecular formula is C25H49N7O2. The summed E-state index contributed by atoms with van der Waals surface area (Å²) in [6.07, 6.45) is 7.71. The first-order valence-electron chi connectivity index (χ1n) is 12.8. The van der Waals surface area contributed by atoms with Crippen LogP contribution in [-0.2, 0) is 9.53 Å². The number of rotatable bonds is 7. The highest BCUT2D eigenvalue weighted by molar-refractivity contribution is 6.04. The lowest BCUT2D eigenvalue weighted by Crippen LogP contribution is -2.30. The Balaban J connectivity index is 0.000000747. The summed E-state index contributed by atoms with van der Waals surface area (Å²) in [7, 11) is 0. The number of nitrogens with zero attached hydrogens (tertiary/aromatic N) is 2. The highest BCUT2D eigenvalue weighted by Crippen LogP contribution is 2.25. The molecule has 0 spiro atoms. The van der Waals surface area contributed by atoms with E-state index in [1.807, 2.05) is 13.8 Å². The Kier molecular flexibility index (Phi) is 18.8. The van der Waals surface area contributed by atoms with Crippen LogP contribution in [0.1, 0.15) is 85.6 Å². The molecule has 0 radical (unpaired) electrons. The summed E-state index contributed by atoms with van der Waals surface area (Å²) < 4.78 is 5.01. The van der Waals surface area contributed by atoms with Crippen LogP contribution in [0.5, 0.6) is 0 Å². The first kappa shape index (κ1) is 31.7. The van der Waals surface area contributed by atoms with Crippen LogP contribution in [0.2, 0.25) is 0 Å². The van der Waals surface area contributed by atoms with Crippen molar-refractivity contribution < 1.29 is 9.53 Å². The van der Waals surface area contributed by atoms with Crippen molar-refractivity contribution >= 4 is 23.3 Å². The van der Waals surface area contributed by atoms with E-state index in [1.165, 1.54) is 25.6 Å². The molecule has 34 heavy (non-hydrogen) atoms. The van der Waals surface area contributed by atoms with Crippen molar-refractivity contribution in [2.24, 2.45) is 11.7 Å². The quantitative estimate of drug-likeness (QED) is 0.370. The fourth-order valence-corrected chi connectivity index (χ4v) is 3.24. The van der Waals surface area contributed by atoms with Gasteiger partial charge in [-0.1, -0.05) is 53.9 Å². The highest BCUT2D eigenvalue weighted by Gasteiger charge is 2.18. The predicted octanol–water partition coefficient (Wildman–Crippen LogP) is 4.19. The van der Waals surface area contributed by atoms with E-state index in [2.05, 4.69) is 46.7 Å². The lowest BCUT2D eigenvalue weighted by molar-refractivity contribution is -0.117. The third-order valence-corrected chi connectivity index (χ3v) is 4.68. The summed E-state index contributed by atoms with van der Waals surface area (Å²) in [5, 5.41) is 17.7. The van der Waals surface area contributed by atoms with E-state index in [1.54, 1.807) is 6.92 Å². The maximum absolute atomic E-state index is 10.8. The SMILES string of the molecule is C1COCCN1.CC.CC(=N)c1c(NCCC(N)=O)ncnc1NC1CCCCC1.CC(C)C. The van der Waals surface area contributed by atoms with Crippen LogP contribution < -0.4 is 21.7 Å². The average molecular weight is 480 g/mol. The number of anilines is 2. The van der Waals surface area contributed by atoms with Crippen molar-refractivity contribution in [2.45, 2.75) is 86.1 Å². The summed E-state index contributed by atoms with van der Waals surface area (Å²) in [6.45, 7) is 16.4. The van der Waals surface area contributed by atoms with Gasteiger partial charge in [0.2, 0.25) is 5.91 Å². The van der Waals surface area contributed by atoms with E-state index < -0.39 is 0 Å². The number of ether oxygens (including phenoxy) is 1. The Morgan fingerprint density at radius 3 is 2.15 bits per heavy atom. The number of primary amides is 1. The van der Waals surface area contributed by atoms with Gasteiger partial charge in [-0.05, 0) is 25.7 Å². The molecular weight excluding hydrogens is 430 g/mol. The summed E-state index contributed by atoms with van der Waals surface area (Å²) in [5.74, 6) is 1.73. The minimum absolute atomic E-state index is 0.228. The van der Waals surface area contributed by atoms with Crippen LogP contribution in [0, 0.1) is 11.3 Å². The van der Waals surface area contributed by atoms with Crippen molar-refractivity contribution in [3.8, 4) is 0 Å². The van der Waals surface area contributed by atoms with Crippen LogP contribution in [0.25, 0.3) is 0 Å². The van der Waals surface area contributed by atoms with Gasteiger partial charge >= 0.3 is 0 Å². The zero-order valence-corrected chi connectivity index (χ0v) is 22.3. The second-order valence-electron chi connectivity index (χ2n) is 8.79.